The molecule has 2 fully saturated rings. The molecular weight excluding hydrogens is 320 g/mol. The third-order valence-corrected chi connectivity index (χ3v) is 5.47. The summed E-state index contributed by atoms with van der Waals surface area (Å²) in [6, 6.07) is 0.569. The molecular formula is C19H34N2O4. The van der Waals surface area contributed by atoms with E-state index in [0.717, 1.165) is 51.9 Å². The molecule has 1 amide bonds. The van der Waals surface area contributed by atoms with E-state index in [2.05, 4.69) is 4.90 Å². The van der Waals surface area contributed by atoms with Gasteiger partial charge in [0.05, 0.1) is 26.2 Å². The van der Waals surface area contributed by atoms with Gasteiger partial charge in [-0.15, -0.1) is 0 Å². The van der Waals surface area contributed by atoms with Gasteiger partial charge >= 0.3 is 0 Å². The Balaban J connectivity index is 1.59. The van der Waals surface area contributed by atoms with Gasteiger partial charge < -0.3 is 19.3 Å². The van der Waals surface area contributed by atoms with E-state index in [1.54, 1.807) is 6.92 Å². The maximum atomic E-state index is 12.3. The van der Waals surface area contributed by atoms with Crippen molar-refractivity contribution in [3.63, 3.8) is 0 Å². The van der Waals surface area contributed by atoms with E-state index in [1.165, 1.54) is 0 Å². The summed E-state index contributed by atoms with van der Waals surface area (Å²) in [5.74, 6) is 0.800. The average molecular weight is 354 g/mol. The SMILES string of the molecule is CCOCCOCCC(=O)N1CCC(N2CCC(C(C)=O)CC2)CC1. The maximum absolute atomic E-state index is 12.3. The first-order valence-electron chi connectivity index (χ1n) is 9.79. The van der Waals surface area contributed by atoms with E-state index >= 15 is 0 Å². The third-order valence-electron chi connectivity index (χ3n) is 5.47. The molecule has 2 aliphatic heterocycles. The fourth-order valence-corrected chi connectivity index (χ4v) is 3.83. The zero-order valence-corrected chi connectivity index (χ0v) is 15.9. The van der Waals surface area contributed by atoms with Gasteiger partial charge in [-0.05, 0) is 52.6 Å². The lowest BCUT2D eigenvalue weighted by Crippen LogP contribution is -2.49. The van der Waals surface area contributed by atoms with E-state index in [1.807, 2.05) is 11.8 Å². The first-order chi connectivity index (χ1) is 12.1. The van der Waals surface area contributed by atoms with Crippen molar-refractivity contribution in [3.8, 4) is 0 Å². The number of piperidine rings is 2. The van der Waals surface area contributed by atoms with Gasteiger partial charge in [0.1, 0.15) is 5.78 Å². The molecule has 2 heterocycles. The molecule has 0 atom stereocenters. The average Bonchev–Trinajstić information content (AvgIpc) is 2.64. The fraction of sp³-hybridized carbons (Fsp3) is 0.895. The molecule has 6 nitrogen and oxygen atoms in total. The van der Waals surface area contributed by atoms with Crippen LogP contribution in [-0.4, -0.2) is 80.1 Å². The van der Waals surface area contributed by atoms with Gasteiger partial charge in [-0.3, -0.25) is 9.59 Å². The molecule has 0 N–H and O–H groups in total. The minimum Gasteiger partial charge on any atom is -0.379 e. The first-order valence-corrected chi connectivity index (χ1v) is 9.79. The molecule has 0 bridgehead atoms. The van der Waals surface area contributed by atoms with Crippen LogP contribution in [0.1, 0.15) is 46.0 Å². The molecule has 0 aromatic rings. The van der Waals surface area contributed by atoms with Gasteiger partial charge in [0, 0.05) is 31.7 Å². The van der Waals surface area contributed by atoms with Crippen LogP contribution in [0.2, 0.25) is 0 Å². The number of carbonyl (C=O) groups excluding carboxylic acids is 2. The second-order valence-electron chi connectivity index (χ2n) is 7.09. The summed E-state index contributed by atoms with van der Waals surface area (Å²) in [6.07, 6.45) is 4.53. The van der Waals surface area contributed by atoms with Crippen LogP contribution in [0.15, 0.2) is 0 Å². The van der Waals surface area contributed by atoms with Crippen molar-refractivity contribution in [1.29, 1.82) is 0 Å². The van der Waals surface area contributed by atoms with Crippen LogP contribution in [-0.2, 0) is 19.1 Å². The predicted molar refractivity (Wildman–Crippen MR) is 96.5 cm³/mol. The van der Waals surface area contributed by atoms with Crippen LogP contribution >= 0.6 is 0 Å². The quantitative estimate of drug-likeness (QED) is 0.590. The smallest absolute Gasteiger partial charge is 0.224 e. The molecule has 144 valence electrons. The molecule has 0 spiro atoms. The lowest BCUT2D eigenvalue weighted by Gasteiger charge is -2.41. The summed E-state index contributed by atoms with van der Waals surface area (Å²) < 4.78 is 10.6. The number of hydrogen-bond acceptors (Lipinski definition) is 5. The second kappa shape index (κ2) is 10.9. The number of rotatable bonds is 9. The molecule has 0 aliphatic carbocycles. The van der Waals surface area contributed by atoms with Crippen LogP contribution < -0.4 is 0 Å². The summed E-state index contributed by atoms with van der Waals surface area (Å²) in [5, 5.41) is 0. The summed E-state index contributed by atoms with van der Waals surface area (Å²) in [4.78, 5) is 28.2. The number of nitrogens with zero attached hydrogens (tertiary/aromatic N) is 2. The van der Waals surface area contributed by atoms with Crippen molar-refractivity contribution in [2.24, 2.45) is 5.92 Å². The molecule has 6 heteroatoms. The van der Waals surface area contributed by atoms with Crippen LogP contribution in [0.3, 0.4) is 0 Å². The fourth-order valence-electron chi connectivity index (χ4n) is 3.83. The van der Waals surface area contributed by atoms with Gasteiger partial charge in [-0.25, -0.2) is 0 Å². The van der Waals surface area contributed by atoms with E-state index in [9.17, 15) is 9.59 Å². The topological polar surface area (TPSA) is 59.1 Å². The number of carbonyl (C=O) groups is 2. The summed E-state index contributed by atoms with van der Waals surface area (Å²) >= 11 is 0. The van der Waals surface area contributed by atoms with E-state index in [-0.39, 0.29) is 11.8 Å². The Morgan fingerprint density at radius 2 is 1.56 bits per heavy atom. The Hall–Kier alpha value is -0.980. The Kier molecular flexibility index (Phi) is 8.85. The molecule has 0 radical (unpaired) electrons. The van der Waals surface area contributed by atoms with Gasteiger partial charge in [-0.2, -0.15) is 0 Å². The number of ketones is 1. The lowest BCUT2D eigenvalue weighted by molar-refractivity contribution is -0.134. The zero-order chi connectivity index (χ0) is 18.1. The van der Waals surface area contributed by atoms with Crippen LogP contribution in [0.5, 0.6) is 0 Å². The summed E-state index contributed by atoms with van der Waals surface area (Å²) in [5.41, 5.74) is 0. The second-order valence-corrected chi connectivity index (χ2v) is 7.09. The van der Waals surface area contributed by atoms with Crippen LogP contribution in [0.25, 0.3) is 0 Å². The minimum absolute atomic E-state index is 0.199. The Bertz CT molecular complexity index is 414. The normalized spacial score (nSPS) is 20.8. The lowest BCUT2D eigenvalue weighted by atomic mass is 9.91. The van der Waals surface area contributed by atoms with Gasteiger partial charge in [0.25, 0.3) is 0 Å². The van der Waals surface area contributed by atoms with Crippen molar-refractivity contribution < 1.29 is 19.1 Å². The molecule has 0 saturated carbocycles. The van der Waals surface area contributed by atoms with E-state index in [0.29, 0.717) is 44.7 Å². The molecule has 2 aliphatic rings. The molecule has 0 unspecified atom stereocenters. The largest absolute Gasteiger partial charge is 0.379 e. The Morgan fingerprint density at radius 1 is 0.920 bits per heavy atom. The number of Topliss-reactive ketones (excluding diaryl/α,β-unsaturated/α-hetero) is 1. The Labute approximate surface area is 151 Å². The highest BCUT2D eigenvalue weighted by atomic mass is 16.5. The van der Waals surface area contributed by atoms with Crippen LogP contribution in [0.4, 0.5) is 0 Å². The van der Waals surface area contributed by atoms with Gasteiger partial charge in [0.15, 0.2) is 0 Å². The third kappa shape index (κ3) is 6.68. The van der Waals surface area contributed by atoms with Crippen molar-refractivity contribution >= 4 is 11.7 Å². The summed E-state index contributed by atoms with van der Waals surface area (Å²) in [7, 11) is 0. The molecule has 0 aromatic heterocycles. The highest BCUT2D eigenvalue weighted by Gasteiger charge is 2.30. The van der Waals surface area contributed by atoms with Gasteiger partial charge in [0.2, 0.25) is 5.91 Å². The number of likely N-dealkylation sites (tertiary alicyclic amines) is 2. The molecule has 0 aromatic carbocycles. The highest BCUT2D eigenvalue weighted by Crippen LogP contribution is 2.24. The maximum Gasteiger partial charge on any atom is 0.224 e. The number of hydrogen-bond donors (Lipinski definition) is 0. The predicted octanol–water partition coefficient (Wildman–Crippen LogP) is 1.72. The van der Waals surface area contributed by atoms with Crippen molar-refractivity contribution in [2.45, 2.75) is 52.0 Å². The van der Waals surface area contributed by atoms with Crippen molar-refractivity contribution in [3.05, 3.63) is 0 Å². The number of amides is 1. The van der Waals surface area contributed by atoms with Gasteiger partial charge in [-0.1, -0.05) is 0 Å². The number of ether oxygens (including phenoxy) is 2. The summed E-state index contributed by atoms with van der Waals surface area (Å²) in [6.45, 7) is 9.73. The Morgan fingerprint density at radius 3 is 2.16 bits per heavy atom. The van der Waals surface area contributed by atoms with Crippen molar-refractivity contribution in [1.82, 2.24) is 9.80 Å². The minimum atomic E-state index is 0.199. The van der Waals surface area contributed by atoms with Crippen molar-refractivity contribution in [2.75, 3.05) is 52.6 Å². The van der Waals surface area contributed by atoms with E-state index in [4.69, 9.17) is 9.47 Å². The van der Waals surface area contributed by atoms with Crippen LogP contribution in [0, 0.1) is 5.92 Å². The zero-order valence-electron chi connectivity index (χ0n) is 15.9. The molecule has 25 heavy (non-hydrogen) atoms. The standard InChI is InChI=1S/C19H34N2O4/c1-3-24-14-15-25-13-8-19(23)21-11-6-18(7-12-21)20-9-4-17(5-10-20)16(2)22/h17-18H,3-15H2,1-2H3. The first kappa shape index (κ1) is 20.3. The van der Waals surface area contributed by atoms with E-state index < -0.39 is 0 Å². The molecule has 2 rings (SSSR count). The monoisotopic (exact) mass is 354 g/mol. The molecule has 2 saturated heterocycles. The highest BCUT2D eigenvalue weighted by molar-refractivity contribution is 5.78.